The van der Waals surface area contributed by atoms with E-state index in [2.05, 4.69) is 15.9 Å². The summed E-state index contributed by atoms with van der Waals surface area (Å²) in [4.78, 5) is 10.3. The lowest BCUT2D eigenvalue weighted by atomic mass is 10.1. The number of alkyl halides is 1. The molecule has 0 aliphatic carbocycles. The van der Waals surface area contributed by atoms with Crippen LogP contribution in [-0.2, 0) is 4.79 Å². The minimum absolute atomic E-state index is 0.0319. The van der Waals surface area contributed by atoms with Gasteiger partial charge in [0.2, 0.25) is 0 Å². The molecule has 64 valence electrons. The van der Waals surface area contributed by atoms with E-state index in [1.54, 1.807) is 0 Å². The second-order valence-electron chi connectivity index (χ2n) is 2.25. The van der Waals surface area contributed by atoms with E-state index in [-0.39, 0.29) is 18.1 Å². The Morgan fingerprint density at radius 1 is 1.73 bits per heavy atom. The monoisotopic (exact) mass is 222 g/mol. The van der Waals surface area contributed by atoms with Gasteiger partial charge in [-0.2, -0.15) is 0 Å². The van der Waals surface area contributed by atoms with Gasteiger partial charge in [0.25, 0.3) is 0 Å². The third-order valence-electron chi connectivity index (χ3n) is 1.26. The first-order chi connectivity index (χ1) is 5.11. The number of hydrogen-bond donors (Lipinski definition) is 2. The molecule has 3 nitrogen and oxygen atoms in total. The van der Waals surface area contributed by atoms with Crippen molar-refractivity contribution in [3.8, 4) is 0 Å². The first kappa shape index (κ1) is 10.7. The van der Waals surface area contributed by atoms with Crippen LogP contribution in [0.2, 0.25) is 0 Å². The molecule has 0 aromatic heterocycles. The van der Waals surface area contributed by atoms with Gasteiger partial charge in [-0.1, -0.05) is 22.0 Å². The van der Waals surface area contributed by atoms with Crippen molar-refractivity contribution in [3.63, 3.8) is 0 Å². The second-order valence-corrected chi connectivity index (χ2v) is 2.90. The summed E-state index contributed by atoms with van der Waals surface area (Å²) in [6.45, 7) is 1.48. The Bertz CT molecular complexity index is 161. The minimum atomic E-state index is -0.940. The zero-order valence-electron chi connectivity index (χ0n) is 6.25. The average molecular weight is 223 g/mol. The van der Waals surface area contributed by atoms with Crippen LogP contribution in [0.3, 0.4) is 0 Å². The average Bonchev–Trinajstić information content (AvgIpc) is 1.99. The van der Waals surface area contributed by atoms with Crippen molar-refractivity contribution >= 4 is 21.9 Å². The number of aliphatic carboxylic acids is 1. The summed E-state index contributed by atoms with van der Waals surface area (Å²) in [5, 5.41) is 17.7. The van der Waals surface area contributed by atoms with E-state index >= 15 is 0 Å². The van der Waals surface area contributed by atoms with Crippen LogP contribution in [0.15, 0.2) is 11.6 Å². The van der Waals surface area contributed by atoms with Gasteiger partial charge in [0.1, 0.15) is 0 Å². The molecule has 0 aromatic rings. The summed E-state index contributed by atoms with van der Waals surface area (Å²) in [5.74, 6) is -1.05. The number of aliphatic hydroxyl groups is 1. The maximum Gasteiger partial charge on any atom is 0.330 e. The number of halogens is 1. The van der Waals surface area contributed by atoms with Crippen LogP contribution in [0.5, 0.6) is 0 Å². The van der Waals surface area contributed by atoms with Crippen molar-refractivity contribution in [2.45, 2.75) is 6.92 Å². The molecule has 0 saturated carbocycles. The SMILES string of the molecule is CC(=CC(CO)CBr)C(=O)O. The van der Waals surface area contributed by atoms with Crippen LogP contribution in [0.25, 0.3) is 0 Å². The molecule has 0 bridgehead atoms. The largest absolute Gasteiger partial charge is 0.478 e. The number of carboxylic acids is 1. The van der Waals surface area contributed by atoms with Gasteiger partial charge in [0.15, 0.2) is 0 Å². The standard InChI is InChI=1S/C7H11BrO3/c1-5(7(10)11)2-6(3-8)4-9/h2,6,9H,3-4H2,1H3,(H,10,11). The number of carboxylic acid groups (broad SMARTS) is 1. The lowest BCUT2D eigenvalue weighted by Gasteiger charge is -2.03. The molecule has 0 aliphatic heterocycles. The summed E-state index contributed by atoms with van der Waals surface area (Å²) in [6, 6.07) is 0. The normalized spacial score (nSPS) is 14.6. The Morgan fingerprint density at radius 2 is 2.27 bits per heavy atom. The molecule has 0 aromatic carbocycles. The third-order valence-corrected chi connectivity index (χ3v) is 2.09. The molecule has 0 saturated heterocycles. The van der Waals surface area contributed by atoms with Gasteiger partial charge in [-0.15, -0.1) is 0 Å². The molecule has 11 heavy (non-hydrogen) atoms. The fourth-order valence-electron chi connectivity index (χ4n) is 0.571. The van der Waals surface area contributed by atoms with Crippen molar-refractivity contribution < 1.29 is 15.0 Å². The van der Waals surface area contributed by atoms with Crippen LogP contribution >= 0.6 is 15.9 Å². The molecule has 0 fully saturated rings. The summed E-state index contributed by atoms with van der Waals surface area (Å²) in [5.41, 5.74) is 0.267. The Balaban J connectivity index is 4.14. The third kappa shape index (κ3) is 4.16. The molecule has 1 atom stereocenters. The van der Waals surface area contributed by atoms with Crippen molar-refractivity contribution in [1.29, 1.82) is 0 Å². The first-order valence-electron chi connectivity index (χ1n) is 3.20. The predicted octanol–water partition coefficient (Wildman–Crippen LogP) is 1.02. The molecule has 2 N–H and O–H groups in total. The van der Waals surface area contributed by atoms with Crippen molar-refractivity contribution in [2.24, 2.45) is 5.92 Å². The Hall–Kier alpha value is -0.350. The van der Waals surface area contributed by atoms with Gasteiger partial charge in [0, 0.05) is 16.8 Å². The Morgan fingerprint density at radius 3 is 2.55 bits per heavy atom. The summed E-state index contributed by atoms with van der Waals surface area (Å²) >= 11 is 3.16. The molecule has 0 heterocycles. The van der Waals surface area contributed by atoms with E-state index in [1.807, 2.05) is 0 Å². The minimum Gasteiger partial charge on any atom is -0.478 e. The molecule has 0 radical (unpaired) electrons. The van der Waals surface area contributed by atoms with Gasteiger partial charge in [-0.3, -0.25) is 0 Å². The van der Waals surface area contributed by atoms with Crippen LogP contribution in [0, 0.1) is 5.92 Å². The predicted molar refractivity (Wildman–Crippen MR) is 45.8 cm³/mol. The van der Waals surface area contributed by atoms with E-state index < -0.39 is 5.97 Å². The number of rotatable bonds is 4. The Labute approximate surface area is 73.9 Å². The molecule has 0 spiro atoms. The van der Waals surface area contributed by atoms with Crippen molar-refractivity contribution in [3.05, 3.63) is 11.6 Å². The van der Waals surface area contributed by atoms with Gasteiger partial charge in [-0.05, 0) is 6.92 Å². The zero-order chi connectivity index (χ0) is 8.85. The smallest absolute Gasteiger partial charge is 0.330 e. The Kier molecular flexibility index (Phi) is 5.15. The highest BCUT2D eigenvalue weighted by atomic mass is 79.9. The molecule has 4 heteroatoms. The molecule has 1 unspecified atom stereocenters. The van der Waals surface area contributed by atoms with Crippen molar-refractivity contribution in [2.75, 3.05) is 11.9 Å². The van der Waals surface area contributed by atoms with Crippen LogP contribution in [0.4, 0.5) is 0 Å². The van der Waals surface area contributed by atoms with Gasteiger partial charge < -0.3 is 10.2 Å². The van der Waals surface area contributed by atoms with E-state index in [9.17, 15) is 4.79 Å². The van der Waals surface area contributed by atoms with Crippen LogP contribution < -0.4 is 0 Å². The maximum absolute atomic E-state index is 10.3. The number of carbonyl (C=O) groups is 1. The van der Waals surface area contributed by atoms with Gasteiger partial charge >= 0.3 is 5.97 Å². The van der Waals surface area contributed by atoms with Crippen LogP contribution in [-0.4, -0.2) is 28.1 Å². The summed E-state index contributed by atoms with van der Waals surface area (Å²) in [6.07, 6.45) is 1.54. The highest BCUT2D eigenvalue weighted by Gasteiger charge is 2.05. The summed E-state index contributed by atoms with van der Waals surface area (Å²) < 4.78 is 0. The fraction of sp³-hybridized carbons (Fsp3) is 0.571. The molecule has 0 rings (SSSR count). The summed E-state index contributed by atoms with van der Waals surface area (Å²) in [7, 11) is 0. The van der Waals surface area contributed by atoms with E-state index in [4.69, 9.17) is 10.2 Å². The van der Waals surface area contributed by atoms with Crippen LogP contribution in [0.1, 0.15) is 6.92 Å². The van der Waals surface area contributed by atoms with E-state index in [1.165, 1.54) is 13.0 Å². The zero-order valence-corrected chi connectivity index (χ0v) is 7.84. The topological polar surface area (TPSA) is 57.5 Å². The number of hydrogen-bond acceptors (Lipinski definition) is 2. The van der Waals surface area contributed by atoms with E-state index in [0.717, 1.165) is 0 Å². The lowest BCUT2D eigenvalue weighted by molar-refractivity contribution is -0.132. The van der Waals surface area contributed by atoms with Gasteiger partial charge in [-0.25, -0.2) is 4.79 Å². The maximum atomic E-state index is 10.3. The first-order valence-corrected chi connectivity index (χ1v) is 4.32. The molecule has 0 aliphatic rings. The number of aliphatic hydroxyl groups excluding tert-OH is 1. The fourth-order valence-corrected chi connectivity index (χ4v) is 0.963. The highest BCUT2D eigenvalue weighted by molar-refractivity contribution is 9.09. The van der Waals surface area contributed by atoms with E-state index in [0.29, 0.717) is 5.33 Å². The molecule has 0 amide bonds. The molecular weight excluding hydrogens is 212 g/mol. The second kappa shape index (κ2) is 5.32. The quantitative estimate of drug-likeness (QED) is 0.552. The van der Waals surface area contributed by atoms with Crippen molar-refractivity contribution in [1.82, 2.24) is 0 Å². The lowest BCUT2D eigenvalue weighted by Crippen LogP contribution is -2.07. The van der Waals surface area contributed by atoms with Gasteiger partial charge in [0.05, 0.1) is 6.61 Å². The highest BCUT2D eigenvalue weighted by Crippen LogP contribution is 2.06. The molecular formula is C7H11BrO3.